The third-order valence-electron chi connectivity index (χ3n) is 0. The third-order valence-corrected chi connectivity index (χ3v) is 0. The van der Waals surface area contributed by atoms with Crippen molar-refractivity contribution in [1.82, 2.24) is 0 Å². The maximum absolute atomic E-state index is 3.31. The predicted molar refractivity (Wildman–Crippen MR) is 42.9 cm³/mol. The maximum atomic E-state index is 3.31. The van der Waals surface area contributed by atoms with Gasteiger partial charge in [-0.1, -0.05) is 0 Å². The summed E-state index contributed by atoms with van der Waals surface area (Å²) in [6, 6.07) is 0. The second-order valence-corrected chi connectivity index (χ2v) is 59.9. The molecule has 4 N–H and O–H groups in total. The van der Waals surface area contributed by atoms with Crippen LogP contribution in [0.1, 0.15) is 0 Å². The van der Waals surface area contributed by atoms with E-state index in [4.69, 9.17) is 0 Å². The van der Waals surface area contributed by atoms with E-state index in [0.29, 0.717) is 0 Å². The molecule has 0 spiro atoms. The van der Waals surface area contributed by atoms with Crippen molar-refractivity contribution >= 4 is 53.2 Å². The van der Waals surface area contributed by atoms with Gasteiger partial charge >= 0.3 is 164 Å². The van der Waals surface area contributed by atoms with Crippen LogP contribution in [-0.2, 0) is 7.84 Å². The maximum Gasteiger partial charge on any atom is 1.00 e. The van der Waals surface area contributed by atoms with Gasteiger partial charge in [-0.15, -0.1) is 0 Å². The standard InChI is InChI=1S/4BrH.2K.2H2O.Pt/h4*1H;;;2*1H2;/q;;;;2*+1;;;+2/p-4. The zero-order valence-electron chi connectivity index (χ0n) is 4.83. The van der Waals surface area contributed by atoms with Gasteiger partial charge < -0.3 is 11.0 Å². The van der Waals surface area contributed by atoms with Gasteiger partial charge in [0.05, 0.1) is 0 Å². The fourth-order valence-corrected chi connectivity index (χ4v) is 0. The Morgan fingerprint density at radius 3 is 0.667 bits per heavy atom. The molecule has 0 aromatic rings. The summed E-state index contributed by atoms with van der Waals surface area (Å²) in [4.78, 5) is 0. The van der Waals surface area contributed by atoms with Gasteiger partial charge in [-0.05, 0) is 0 Å². The predicted octanol–water partition coefficient (Wildman–Crippen LogP) is -4.26. The summed E-state index contributed by atoms with van der Waals surface area (Å²) < 4.78 is 0. The second kappa shape index (κ2) is 16.2. The van der Waals surface area contributed by atoms with E-state index in [1.807, 2.05) is 0 Å². The van der Waals surface area contributed by atoms with Crippen LogP contribution in [-0.4, -0.2) is 11.0 Å². The molecule has 0 heterocycles. The van der Waals surface area contributed by atoms with Gasteiger partial charge in [0, 0.05) is 0 Å². The van der Waals surface area contributed by atoms with E-state index in [-0.39, 0.29) is 114 Å². The van der Waals surface area contributed by atoms with Crippen LogP contribution in [0.2, 0.25) is 0 Å². The Morgan fingerprint density at radius 2 is 0.667 bits per heavy atom. The summed E-state index contributed by atoms with van der Waals surface area (Å²) in [7, 11) is -1.69. The van der Waals surface area contributed by atoms with Gasteiger partial charge in [0.1, 0.15) is 0 Å². The van der Waals surface area contributed by atoms with E-state index in [0.717, 1.165) is 0 Å². The van der Waals surface area contributed by atoms with Crippen LogP contribution in [0, 0.1) is 0 Å². The molecule has 0 aliphatic rings. The zero-order chi connectivity index (χ0) is 4.50. The Morgan fingerprint density at radius 1 is 0.667 bits per heavy atom. The molecule has 0 radical (unpaired) electrons. The quantitative estimate of drug-likeness (QED) is 0.244. The molecular formula is H4Br4K2O2Pt. The molecule has 0 fully saturated rings. The first-order valence-corrected chi connectivity index (χ1v) is 20.3. The van der Waals surface area contributed by atoms with E-state index >= 15 is 0 Å². The second-order valence-electron chi connectivity index (χ2n) is 0.271. The van der Waals surface area contributed by atoms with Crippen LogP contribution < -0.4 is 103 Å². The summed E-state index contributed by atoms with van der Waals surface area (Å²) >= 11 is 13.2. The molecule has 0 saturated heterocycles. The Hall–Kier alpha value is 5.80. The monoisotopic (exact) mass is 625 g/mol. The van der Waals surface area contributed by atoms with Crippen molar-refractivity contribution in [2.45, 2.75) is 0 Å². The van der Waals surface area contributed by atoms with Crippen LogP contribution in [0.15, 0.2) is 0 Å². The molecule has 0 atom stereocenters. The number of halogens is 4. The zero-order valence-corrected chi connectivity index (χ0v) is 19.7. The van der Waals surface area contributed by atoms with Gasteiger partial charge in [0.2, 0.25) is 0 Å². The molecule has 0 bridgehead atoms. The first-order valence-electron chi connectivity index (χ1n) is 0.478. The molecule has 0 unspecified atom stereocenters. The Kier molecular flexibility index (Phi) is 53.0. The smallest absolute Gasteiger partial charge is 1.00 e. The molecule has 0 aliphatic carbocycles. The summed E-state index contributed by atoms with van der Waals surface area (Å²) in [6.45, 7) is 0. The molecular weight excluding hydrogens is 625 g/mol. The van der Waals surface area contributed by atoms with Gasteiger partial charge in [-0.2, -0.15) is 0 Å². The van der Waals surface area contributed by atoms with Crippen molar-refractivity contribution in [3.05, 3.63) is 0 Å². The molecule has 0 amide bonds. The minimum atomic E-state index is -1.69. The minimum absolute atomic E-state index is 0. The molecule has 0 aromatic carbocycles. The fourth-order valence-electron chi connectivity index (χ4n) is 0. The van der Waals surface area contributed by atoms with Crippen molar-refractivity contribution in [2.24, 2.45) is 0 Å². The Balaban J connectivity index is -0.0000000133. The van der Waals surface area contributed by atoms with Gasteiger partial charge in [0.15, 0.2) is 0 Å². The summed E-state index contributed by atoms with van der Waals surface area (Å²) in [5, 5.41) is 0. The number of hydrogen-bond donors (Lipinski definition) is 0. The first kappa shape index (κ1) is 29.3. The van der Waals surface area contributed by atoms with Gasteiger partial charge in [-0.3, -0.25) is 0 Å². The Bertz CT molecular complexity index is 32.0. The normalized spacial score (nSPS) is 8.44. The molecule has 2 nitrogen and oxygen atoms in total. The average Bonchev–Trinajstić information content (AvgIpc) is 0.722. The Labute approximate surface area is 169 Å². The van der Waals surface area contributed by atoms with E-state index in [1.54, 1.807) is 0 Å². The molecule has 9 heteroatoms. The van der Waals surface area contributed by atoms with Crippen LogP contribution >= 0.6 is 53.2 Å². The van der Waals surface area contributed by atoms with Crippen LogP contribution in [0.3, 0.4) is 0 Å². The minimum Gasteiger partial charge on any atom is 1.00 e. The average molecular weight is 629 g/mol. The molecule has 0 aliphatic heterocycles. The van der Waals surface area contributed by atoms with E-state index in [9.17, 15) is 0 Å². The first-order chi connectivity index (χ1) is 2.00. The van der Waals surface area contributed by atoms with Crippen molar-refractivity contribution in [3.8, 4) is 0 Å². The van der Waals surface area contributed by atoms with Crippen molar-refractivity contribution in [2.75, 3.05) is 0 Å². The number of rotatable bonds is 0. The molecule has 0 aromatic heterocycles. The van der Waals surface area contributed by atoms with Crippen LogP contribution in [0.4, 0.5) is 0 Å². The van der Waals surface area contributed by atoms with Crippen molar-refractivity contribution in [3.63, 3.8) is 0 Å². The molecule has 56 valence electrons. The van der Waals surface area contributed by atoms with E-state index < -0.39 is 7.84 Å². The van der Waals surface area contributed by atoms with E-state index in [1.165, 1.54) is 0 Å². The summed E-state index contributed by atoms with van der Waals surface area (Å²) in [5.74, 6) is 0. The van der Waals surface area contributed by atoms with E-state index in [2.05, 4.69) is 53.2 Å². The van der Waals surface area contributed by atoms with Gasteiger partial charge in [0.25, 0.3) is 0 Å². The summed E-state index contributed by atoms with van der Waals surface area (Å²) in [6.07, 6.45) is 0. The largest absolute Gasteiger partial charge is 1.00 e. The van der Waals surface area contributed by atoms with Crippen molar-refractivity contribution in [1.29, 1.82) is 0 Å². The topological polar surface area (TPSA) is 63.0 Å². The molecule has 9 heavy (non-hydrogen) atoms. The third kappa shape index (κ3) is 57.1. The summed E-state index contributed by atoms with van der Waals surface area (Å²) in [5.41, 5.74) is 0. The van der Waals surface area contributed by atoms with Gasteiger partial charge in [-0.25, -0.2) is 0 Å². The SMILES string of the molecule is O.O.[Br][Pt-2]([Br])([Br])[Br].[K+].[K+]. The number of hydrogen-bond acceptors (Lipinski definition) is 0. The van der Waals surface area contributed by atoms with Crippen LogP contribution in [0.25, 0.3) is 0 Å². The van der Waals surface area contributed by atoms with Crippen molar-refractivity contribution < 1.29 is 122 Å². The fraction of sp³-hybridized carbons (Fsp3) is 0. The molecule has 0 saturated carbocycles. The van der Waals surface area contributed by atoms with Crippen LogP contribution in [0.5, 0.6) is 0 Å². The molecule has 0 rings (SSSR count).